The predicted octanol–water partition coefficient (Wildman–Crippen LogP) is 2.04. The summed E-state index contributed by atoms with van der Waals surface area (Å²) in [6.45, 7) is 1.54. The van der Waals surface area contributed by atoms with Gasteiger partial charge in [-0.25, -0.2) is 4.68 Å². The van der Waals surface area contributed by atoms with E-state index < -0.39 is 4.92 Å². The zero-order chi connectivity index (χ0) is 16.4. The zero-order valence-corrected chi connectivity index (χ0v) is 12.2. The van der Waals surface area contributed by atoms with Gasteiger partial charge in [-0.15, -0.1) is 5.10 Å². The first-order chi connectivity index (χ1) is 11.1. The van der Waals surface area contributed by atoms with Gasteiger partial charge in [-0.2, -0.15) is 0 Å². The van der Waals surface area contributed by atoms with Crippen molar-refractivity contribution in [2.24, 2.45) is 0 Å². The Labute approximate surface area is 131 Å². The maximum Gasteiger partial charge on any atom is 0.271 e. The summed E-state index contributed by atoms with van der Waals surface area (Å²) < 4.78 is 1.50. The van der Waals surface area contributed by atoms with Gasteiger partial charge in [0.2, 0.25) is 0 Å². The van der Waals surface area contributed by atoms with Crippen molar-refractivity contribution in [1.82, 2.24) is 20.0 Å². The molecule has 0 saturated carbocycles. The van der Waals surface area contributed by atoms with Crippen LogP contribution in [0.2, 0.25) is 0 Å². The van der Waals surface area contributed by atoms with Gasteiger partial charge < -0.3 is 5.11 Å². The maximum atomic E-state index is 11.0. The van der Waals surface area contributed by atoms with Crippen molar-refractivity contribution in [2.75, 3.05) is 0 Å². The number of nitro benzene ring substituents is 1. The van der Waals surface area contributed by atoms with Gasteiger partial charge in [0.15, 0.2) is 0 Å². The molecule has 1 N–H and O–H groups in total. The highest BCUT2D eigenvalue weighted by Gasteiger charge is 2.19. The number of non-ortho nitro benzene ring substituents is 1. The van der Waals surface area contributed by atoms with E-state index in [1.807, 2.05) is 6.92 Å². The number of aliphatic hydroxyl groups is 1. The van der Waals surface area contributed by atoms with Gasteiger partial charge in [0.1, 0.15) is 11.4 Å². The van der Waals surface area contributed by atoms with E-state index in [1.54, 1.807) is 30.6 Å². The molecule has 3 rings (SSSR count). The molecule has 23 heavy (non-hydrogen) atoms. The molecule has 0 aliphatic heterocycles. The van der Waals surface area contributed by atoms with E-state index in [-0.39, 0.29) is 12.3 Å². The number of aromatic nitrogens is 4. The van der Waals surface area contributed by atoms with Crippen molar-refractivity contribution >= 4 is 5.69 Å². The number of nitro groups is 1. The topological polar surface area (TPSA) is 107 Å². The third-order valence-electron chi connectivity index (χ3n) is 3.48. The Balaban J connectivity index is 2.24. The van der Waals surface area contributed by atoms with E-state index in [0.717, 1.165) is 11.1 Å². The monoisotopic (exact) mass is 311 g/mol. The minimum atomic E-state index is -0.459. The molecule has 0 atom stereocenters. The van der Waals surface area contributed by atoms with Gasteiger partial charge in [0.05, 0.1) is 17.2 Å². The molecule has 3 aromatic rings. The van der Waals surface area contributed by atoms with Gasteiger partial charge in [-0.3, -0.25) is 15.1 Å². The van der Waals surface area contributed by atoms with Crippen LogP contribution in [0.1, 0.15) is 11.3 Å². The van der Waals surface area contributed by atoms with E-state index in [4.69, 9.17) is 0 Å². The number of aliphatic hydroxyl groups excluding tert-OH is 1. The molecule has 8 heteroatoms. The molecule has 0 saturated heterocycles. The summed E-state index contributed by atoms with van der Waals surface area (Å²) in [5.41, 5.74) is 3.05. The number of pyridine rings is 1. The van der Waals surface area contributed by atoms with Crippen molar-refractivity contribution < 1.29 is 10.0 Å². The molecule has 0 aliphatic rings. The van der Waals surface area contributed by atoms with E-state index in [2.05, 4.69) is 15.3 Å². The summed E-state index contributed by atoms with van der Waals surface area (Å²) in [7, 11) is 0. The minimum absolute atomic E-state index is 0.0349. The number of rotatable bonds is 4. The third kappa shape index (κ3) is 2.67. The van der Waals surface area contributed by atoms with Crippen LogP contribution in [-0.2, 0) is 6.61 Å². The lowest BCUT2D eigenvalue weighted by atomic mass is 10.1. The summed E-state index contributed by atoms with van der Waals surface area (Å²) in [6.07, 6.45) is 3.24. The number of hydrogen-bond donors (Lipinski definition) is 1. The lowest BCUT2D eigenvalue weighted by Crippen LogP contribution is -2.03. The average Bonchev–Trinajstić information content (AvgIpc) is 2.99. The SMILES string of the molecule is Cc1ccc([N+](=O)[O-])cc1-n1nnc(CO)c1-c1ccncc1. The van der Waals surface area contributed by atoms with E-state index >= 15 is 0 Å². The van der Waals surface area contributed by atoms with Gasteiger partial charge >= 0.3 is 0 Å². The normalized spacial score (nSPS) is 10.7. The summed E-state index contributed by atoms with van der Waals surface area (Å²) in [6, 6.07) is 8.07. The van der Waals surface area contributed by atoms with Crippen LogP contribution in [0.25, 0.3) is 16.9 Å². The molecule has 116 valence electrons. The fraction of sp³-hybridized carbons (Fsp3) is 0.133. The van der Waals surface area contributed by atoms with Gasteiger partial charge in [0.25, 0.3) is 5.69 Å². The summed E-state index contributed by atoms with van der Waals surface area (Å²) in [5, 5.41) is 28.6. The van der Waals surface area contributed by atoms with Crippen molar-refractivity contribution in [1.29, 1.82) is 0 Å². The molecule has 0 aliphatic carbocycles. The second-order valence-electron chi connectivity index (χ2n) is 4.92. The van der Waals surface area contributed by atoms with Crippen LogP contribution in [0.4, 0.5) is 5.69 Å². The average molecular weight is 311 g/mol. The fourth-order valence-corrected chi connectivity index (χ4v) is 2.33. The van der Waals surface area contributed by atoms with Crippen LogP contribution in [-0.4, -0.2) is 30.0 Å². The summed E-state index contributed by atoms with van der Waals surface area (Å²) in [5.74, 6) is 0. The molecule has 0 fully saturated rings. The van der Waals surface area contributed by atoms with Gasteiger partial charge in [-0.1, -0.05) is 11.3 Å². The van der Waals surface area contributed by atoms with Gasteiger partial charge in [-0.05, 0) is 24.6 Å². The first-order valence-electron chi connectivity index (χ1n) is 6.83. The number of aryl methyl sites for hydroxylation is 1. The molecular weight excluding hydrogens is 298 g/mol. The Morgan fingerprint density at radius 3 is 2.65 bits per heavy atom. The van der Waals surface area contributed by atoms with Crippen molar-refractivity contribution in [3.8, 4) is 16.9 Å². The highest BCUT2D eigenvalue weighted by molar-refractivity contribution is 5.65. The summed E-state index contributed by atoms with van der Waals surface area (Å²) >= 11 is 0. The molecule has 0 radical (unpaired) electrons. The molecule has 0 amide bonds. The molecule has 0 bridgehead atoms. The molecule has 2 heterocycles. The smallest absolute Gasteiger partial charge is 0.271 e. The van der Waals surface area contributed by atoms with Crippen LogP contribution >= 0.6 is 0 Å². The lowest BCUT2D eigenvalue weighted by Gasteiger charge is -2.10. The first kappa shape index (κ1) is 14.8. The zero-order valence-electron chi connectivity index (χ0n) is 12.2. The fourth-order valence-electron chi connectivity index (χ4n) is 2.33. The Bertz CT molecular complexity index is 861. The van der Waals surface area contributed by atoms with Crippen LogP contribution < -0.4 is 0 Å². The standard InChI is InChI=1S/C15H13N5O3/c1-10-2-3-12(20(22)23)8-14(10)19-15(13(9-21)17-18-19)11-4-6-16-7-5-11/h2-8,21H,9H2,1H3. The lowest BCUT2D eigenvalue weighted by molar-refractivity contribution is -0.384. The Hall–Kier alpha value is -3.13. The molecule has 2 aromatic heterocycles. The molecule has 8 nitrogen and oxygen atoms in total. The largest absolute Gasteiger partial charge is 0.390 e. The second-order valence-corrected chi connectivity index (χ2v) is 4.92. The number of benzene rings is 1. The Morgan fingerprint density at radius 1 is 1.26 bits per heavy atom. The molecule has 0 spiro atoms. The van der Waals surface area contributed by atoms with E-state index in [9.17, 15) is 15.2 Å². The highest BCUT2D eigenvalue weighted by atomic mass is 16.6. The molecular formula is C15H13N5O3. The number of hydrogen-bond acceptors (Lipinski definition) is 6. The van der Waals surface area contributed by atoms with Crippen LogP contribution in [0.15, 0.2) is 42.7 Å². The first-order valence-corrected chi connectivity index (χ1v) is 6.83. The van der Waals surface area contributed by atoms with Crippen LogP contribution in [0.3, 0.4) is 0 Å². The van der Waals surface area contributed by atoms with E-state index in [1.165, 1.54) is 16.8 Å². The Kier molecular flexibility index (Phi) is 3.82. The quantitative estimate of drug-likeness (QED) is 0.583. The highest BCUT2D eigenvalue weighted by Crippen LogP contribution is 2.28. The van der Waals surface area contributed by atoms with Gasteiger partial charge in [0, 0.05) is 30.1 Å². The van der Waals surface area contributed by atoms with Crippen LogP contribution in [0, 0.1) is 17.0 Å². The second kappa shape index (κ2) is 5.93. The van der Waals surface area contributed by atoms with Crippen molar-refractivity contribution in [2.45, 2.75) is 13.5 Å². The molecule has 1 aromatic carbocycles. The van der Waals surface area contributed by atoms with Crippen molar-refractivity contribution in [3.05, 3.63) is 64.1 Å². The maximum absolute atomic E-state index is 11.0. The predicted molar refractivity (Wildman–Crippen MR) is 81.9 cm³/mol. The van der Waals surface area contributed by atoms with E-state index in [0.29, 0.717) is 17.1 Å². The molecule has 0 unspecified atom stereocenters. The Morgan fingerprint density at radius 2 is 2.00 bits per heavy atom. The minimum Gasteiger partial charge on any atom is -0.390 e. The van der Waals surface area contributed by atoms with Crippen LogP contribution in [0.5, 0.6) is 0 Å². The number of nitrogens with zero attached hydrogens (tertiary/aromatic N) is 5. The third-order valence-corrected chi connectivity index (χ3v) is 3.48. The van der Waals surface area contributed by atoms with Crippen molar-refractivity contribution in [3.63, 3.8) is 0 Å². The summed E-state index contributed by atoms with van der Waals surface area (Å²) in [4.78, 5) is 14.5.